The minimum absolute atomic E-state index is 0.646. The molecule has 0 nitrogen and oxygen atoms in total. The van der Waals surface area contributed by atoms with E-state index in [9.17, 15) is 0 Å². The smallest absolute Gasteiger partial charge is 0.0109 e. The summed E-state index contributed by atoms with van der Waals surface area (Å²) in [5, 5.41) is 0.869. The SMILES string of the molecule is CC(C)c1ccccc1SC1CCCCC1. The number of thioether (sulfide) groups is 1. The Hall–Kier alpha value is -0.430. The third kappa shape index (κ3) is 3.04. The molecule has 0 unspecified atom stereocenters. The molecular formula is C15H22S. The van der Waals surface area contributed by atoms with E-state index in [1.54, 1.807) is 0 Å². The van der Waals surface area contributed by atoms with E-state index >= 15 is 0 Å². The van der Waals surface area contributed by atoms with E-state index in [2.05, 4.69) is 49.9 Å². The standard InChI is InChI=1S/C15H22S/c1-12(2)14-10-6-7-11-15(14)16-13-8-4-3-5-9-13/h6-7,10-13H,3-5,8-9H2,1-2H3. The van der Waals surface area contributed by atoms with Crippen LogP contribution in [0.1, 0.15) is 57.4 Å². The van der Waals surface area contributed by atoms with Crippen LogP contribution in [0.4, 0.5) is 0 Å². The summed E-state index contributed by atoms with van der Waals surface area (Å²) in [6, 6.07) is 8.93. The Bertz CT molecular complexity index is 324. The lowest BCUT2D eigenvalue weighted by molar-refractivity contribution is 0.516. The first-order valence-electron chi connectivity index (χ1n) is 6.53. The van der Waals surface area contributed by atoms with Gasteiger partial charge in [0.15, 0.2) is 0 Å². The maximum Gasteiger partial charge on any atom is 0.0109 e. The Kier molecular flexibility index (Phi) is 4.34. The predicted octanol–water partition coefficient (Wildman–Crippen LogP) is 5.23. The second-order valence-electron chi connectivity index (χ2n) is 5.07. The van der Waals surface area contributed by atoms with Gasteiger partial charge in [0, 0.05) is 10.1 Å². The Morgan fingerprint density at radius 2 is 1.75 bits per heavy atom. The lowest BCUT2D eigenvalue weighted by atomic mass is 10.0. The van der Waals surface area contributed by atoms with Crippen molar-refractivity contribution in [1.29, 1.82) is 0 Å². The average molecular weight is 234 g/mol. The maximum absolute atomic E-state index is 2.30. The van der Waals surface area contributed by atoms with E-state index in [1.165, 1.54) is 42.6 Å². The van der Waals surface area contributed by atoms with Gasteiger partial charge in [-0.1, -0.05) is 51.3 Å². The summed E-state index contributed by atoms with van der Waals surface area (Å²) in [5.41, 5.74) is 1.53. The van der Waals surface area contributed by atoms with Gasteiger partial charge in [-0.15, -0.1) is 11.8 Å². The van der Waals surface area contributed by atoms with E-state index in [-0.39, 0.29) is 0 Å². The first-order valence-corrected chi connectivity index (χ1v) is 7.41. The molecule has 0 amide bonds. The minimum Gasteiger partial charge on any atom is -0.122 e. The molecule has 0 N–H and O–H groups in total. The Balaban J connectivity index is 2.07. The highest BCUT2D eigenvalue weighted by molar-refractivity contribution is 8.00. The lowest BCUT2D eigenvalue weighted by Gasteiger charge is -2.22. The van der Waals surface area contributed by atoms with Crippen molar-refractivity contribution >= 4 is 11.8 Å². The maximum atomic E-state index is 2.30. The molecule has 0 heterocycles. The molecule has 0 aliphatic heterocycles. The van der Waals surface area contributed by atoms with E-state index in [0.29, 0.717) is 5.92 Å². The highest BCUT2D eigenvalue weighted by Gasteiger charge is 2.16. The van der Waals surface area contributed by atoms with Gasteiger partial charge < -0.3 is 0 Å². The molecule has 0 radical (unpaired) electrons. The molecule has 0 spiro atoms. The molecule has 0 atom stereocenters. The molecule has 0 saturated heterocycles. The topological polar surface area (TPSA) is 0 Å². The molecule has 1 heteroatoms. The van der Waals surface area contributed by atoms with Gasteiger partial charge in [-0.05, 0) is 30.4 Å². The molecule has 1 aromatic carbocycles. The van der Waals surface area contributed by atoms with Crippen LogP contribution >= 0.6 is 11.8 Å². The monoisotopic (exact) mass is 234 g/mol. The molecule has 1 aromatic rings. The van der Waals surface area contributed by atoms with Crippen LogP contribution in [0.15, 0.2) is 29.2 Å². The van der Waals surface area contributed by atoms with Crippen molar-refractivity contribution in [2.45, 2.75) is 62.0 Å². The second kappa shape index (κ2) is 5.77. The second-order valence-corrected chi connectivity index (χ2v) is 6.41. The van der Waals surface area contributed by atoms with Crippen molar-refractivity contribution in [3.8, 4) is 0 Å². The Morgan fingerprint density at radius 1 is 1.06 bits per heavy atom. The molecule has 1 aliphatic rings. The number of hydrogen-bond donors (Lipinski definition) is 0. The van der Waals surface area contributed by atoms with Gasteiger partial charge in [0.05, 0.1) is 0 Å². The van der Waals surface area contributed by atoms with E-state index in [1.807, 2.05) is 0 Å². The van der Waals surface area contributed by atoms with Gasteiger partial charge in [-0.3, -0.25) is 0 Å². The molecule has 1 fully saturated rings. The van der Waals surface area contributed by atoms with Crippen LogP contribution in [0, 0.1) is 0 Å². The third-order valence-corrected chi connectivity index (χ3v) is 4.82. The van der Waals surface area contributed by atoms with E-state index < -0.39 is 0 Å². The number of benzene rings is 1. The van der Waals surface area contributed by atoms with Gasteiger partial charge in [-0.2, -0.15) is 0 Å². The summed E-state index contributed by atoms with van der Waals surface area (Å²) in [6.45, 7) is 4.58. The zero-order chi connectivity index (χ0) is 11.4. The average Bonchev–Trinajstić information content (AvgIpc) is 2.31. The molecule has 1 aliphatic carbocycles. The molecule has 0 bridgehead atoms. The fourth-order valence-electron chi connectivity index (χ4n) is 2.43. The first kappa shape index (κ1) is 12.0. The van der Waals surface area contributed by atoms with Crippen LogP contribution in [0.3, 0.4) is 0 Å². The summed E-state index contributed by atoms with van der Waals surface area (Å²) < 4.78 is 0. The summed E-state index contributed by atoms with van der Waals surface area (Å²) in [5.74, 6) is 0.646. The summed E-state index contributed by atoms with van der Waals surface area (Å²) in [4.78, 5) is 1.52. The van der Waals surface area contributed by atoms with Gasteiger partial charge in [-0.25, -0.2) is 0 Å². The lowest BCUT2D eigenvalue weighted by Crippen LogP contribution is -2.08. The summed E-state index contributed by atoms with van der Waals surface area (Å²) >= 11 is 2.12. The van der Waals surface area contributed by atoms with Crippen LogP contribution in [0.2, 0.25) is 0 Å². The summed E-state index contributed by atoms with van der Waals surface area (Å²) in [7, 11) is 0. The van der Waals surface area contributed by atoms with Crippen molar-refractivity contribution in [3.63, 3.8) is 0 Å². The fourth-order valence-corrected chi connectivity index (χ4v) is 3.95. The zero-order valence-corrected chi connectivity index (χ0v) is 11.2. The molecule has 88 valence electrons. The molecule has 0 aromatic heterocycles. The van der Waals surface area contributed by atoms with Crippen LogP contribution in [-0.2, 0) is 0 Å². The minimum atomic E-state index is 0.646. The van der Waals surface area contributed by atoms with Gasteiger partial charge in [0.2, 0.25) is 0 Å². The molecule has 16 heavy (non-hydrogen) atoms. The Morgan fingerprint density at radius 3 is 2.44 bits per heavy atom. The third-order valence-electron chi connectivity index (χ3n) is 3.39. The summed E-state index contributed by atoms with van der Waals surface area (Å²) in [6.07, 6.45) is 7.14. The highest BCUT2D eigenvalue weighted by atomic mass is 32.2. The van der Waals surface area contributed by atoms with Crippen LogP contribution in [-0.4, -0.2) is 5.25 Å². The molecular weight excluding hydrogens is 212 g/mol. The first-order chi connectivity index (χ1) is 7.77. The van der Waals surface area contributed by atoms with Crippen molar-refractivity contribution in [2.75, 3.05) is 0 Å². The quantitative estimate of drug-likeness (QED) is 0.689. The fraction of sp³-hybridized carbons (Fsp3) is 0.600. The normalized spacial score (nSPS) is 17.9. The van der Waals surface area contributed by atoms with Crippen molar-refractivity contribution in [2.24, 2.45) is 0 Å². The van der Waals surface area contributed by atoms with Gasteiger partial charge >= 0.3 is 0 Å². The van der Waals surface area contributed by atoms with Crippen molar-refractivity contribution in [1.82, 2.24) is 0 Å². The van der Waals surface area contributed by atoms with Crippen molar-refractivity contribution < 1.29 is 0 Å². The Labute approximate surface area is 104 Å². The molecule has 1 saturated carbocycles. The number of rotatable bonds is 3. The van der Waals surface area contributed by atoms with Gasteiger partial charge in [0.25, 0.3) is 0 Å². The predicted molar refractivity (Wildman–Crippen MR) is 73.3 cm³/mol. The van der Waals surface area contributed by atoms with E-state index in [0.717, 1.165) is 5.25 Å². The largest absolute Gasteiger partial charge is 0.122 e. The molecule has 2 rings (SSSR count). The van der Waals surface area contributed by atoms with Gasteiger partial charge in [0.1, 0.15) is 0 Å². The van der Waals surface area contributed by atoms with Crippen molar-refractivity contribution in [3.05, 3.63) is 29.8 Å². The van der Waals surface area contributed by atoms with Crippen LogP contribution in [0.5, 0.6) is 0 Å². The van der Waals surface area contributed by atoms with E-state index in [4.69, 9.17) is 0 Å². The zero-order valence-electron chi connectivity index (χ0n) is 10.4. The van der Waals surface area contributed by atoms with Crippen LogP contribution < -0.4 is 0 Å². The number of hydrogen-bond acceptors (Lipinski definition) is 1. The highest BCUT2D eigenvalue weighted by Crippen LogP contribution is 2.37. The van der Waals surface area contributed by atoms with Crippen LogP contribution in [0.25, 0.3) is 0 Å².